The Hall–Kier alpha value is -2.62. The normalized spacial score (nSPS) is 11.2. The number of phenolic OH excluding ortho intramolecular Hbond substituents is 2. The minimum atomic E-state index is 0.131. The van der Waals surface area contributed by atoms with E-state index in [0.29, 0.717) is 17.4 Å². The zero-order chi connectivity index (χ0) is 17.5. The maximum atomic E-state index is 9.86. The van der Waals surface area contributed by atoms with Gasteiger partial charge >= 0.3 is 0 Å². The van der Waals surface area contributed by atoms with Crippen LogP contribution in [-0.4, -0.2) is 17.3 Å². The van der Waals surface area contributed by atoms with Crippen molar-refractivity contribution in [2.45, 2.75) is 26.7 Å². The smallest absolute Gasteiger partial charge is 0.160 e. The molecule has 0 fully saturated rings. The summed E-state index contributed by atoms with van der Waals surface area (Å²) in [7, 11) is 1.53. The van der Waals surface area contributed by atoms with E-state index in [2.05, 4.69) is 13.8 Å². The Morgan fingerprint density at radius 3 is 2.46 bits per heavy atom. The molecule has 0 atom stereocenters. The molecule has 0 amide bonds. The number of ether oxygens (including phenoxy) is 2. The molecule has 0 spiro atoms. The molecule has 0 heterocycles. The van der Waals surface area contributed by atoms with Gasteiger partial charge in [0.15, 0.2) is 11.5 Å². The third-order valence-corrected chi connectivity index (χ3v) is 3.57. The van der Waals surface area contributed by atoms with Gasteiger partial charge in [0.1, 0.15) is 11.5 Å². The molecule has 0 aromatic heterocycles. The molecule has 0 saturated heterocycles. The largest absolute Gasteiger partial charge is 0.508 e. The van der Waals surface area contributed by atoms with Crippen LogP contribution in [0.15, 0.2) is 48.7 Å². The van der Waals surface area contributed by atoms with Gasteiger partial charge in [-0.05, 0) is 60.2 Å². The number of hydrogen-bond acceptors (Lipinski definition) is 4. The molecule has 4 heteroatoms. The lowest BCUT2D eigenvalue weighted by atomic mass is 10.0. The van der Waals surface area contributed by atoms with Gasteiger partial charge in [-0.1, -0.05) is 19.9 Å². The van der Waals surface area contributed by atoms with E-state index in [4.69, 9.17) is 9.47 Å². The summed E-state index contributed by atoms with van der Waals surface area (Å²) >= 11 is 0. The topological polar surface area (TPSA) is 58.9 Å². The standard InChI is InChI=1S/C20H24O4/c1-14(2)8-9-24-18-11-16(10-17(21)13-18)5-4-15-6-7-19(22)20(12-15)23-3/h6-14,21-22H,4-5H2,1-3H3/b9-8+. The molecule has 0 saturated carbocycles. The highest BCUT2D eigenvalue weighted by molar-refractivity contribution is 5.42. The van der Waals surface area contributed by atoms with Gasteiger partial charge in [-0.25, -0.2) is 0 Å². The van der Waals surface area contributed by atoms with Crippen molar-refractivity contribution in [2.24, 2.45) is 5.92 Å². The zero-order valence-corrected chi connectivity index (χ0v) is 14.3. The van der Waals surface area contributed by atoms with Gasteiger partial charge in [0, 0.05) is 6.07 Å². The second-order valence-corrected chi connectivity index (χ2v) is 6.03. The minimum absolute atomic E-state index is 0.131. The molecule has 2 aromatic carbocycles. The average molecular weight is 328 g/mol. The summed E-state index contributed by atoms with van der Waals surface area (Å²) in [6, 6.07) is 10.6. The molecule has 0 aliphatic heterocycles. The molecule has 0 bridgehead atoms. The maximum absolute atomic E-state index is 9.86. The van der Waals surface area contributed by atoms with Crippen LogP contribution in [0.2, 0.25) is 0 Å². The van der Waals surface area contributed by atoms with Crippen molar-refractivity contribution in [1.82, 2.24) is 0 Å². The summed E-state index contributed by atoms with van der Waals surface area (Å²) in [4.78, 5) is 0. The van der Waals surface area contributed by atoms with Crippen LogP contribution in [0.25, 0.3) is 0 Å². The molecule has 4 nitrogen and oxygen atoms in total. The number of aromatic hydroxyl groups is 2. The predicted molar refractivity (Wildman–Crippen MR) is 94.8 cm³/mol. The second kappa shape index (κ2) is 8.29. The third-order valence-electron chi connectivity index (χ3n) is 3.57. The molecule has 2 N–H and O–H groups in total. The van der Waals surface area contributed by atoms with Gasteiger partial charge in [0.2, 0.25) is 0 Å². The highest BCUT2D eigenvalue weighted by atomic mass is 16.5. The number of aryl methyl sites for hydroxylation is 2. The van der Waals surface area contributed by atoms with E-state index < -0.39 is 0 Å². The lowest BCUT2D eigenvalue weighted by Gasteiger charge is -2.09. The lowest BCUT2D eigenvalue weighted by molar-refractivity contribution is 0.373. The summed E-state index contributed by atoms with van der Waals surface area (Å²) in [6.45, 7) is 4.14. The van der Waals surface area contributed by atoms with Crippen molar-refractivity contribution < 1.29 is 19.7 Å². The summed E-state index contributed by atoms with van der Waals surface area (Å²) in [5.41, 5.74) is 2.03. The second-order valence-electron chi connectivity index (χ2n) is 6.03. The molecular formula is C20H24O4. The van der Waals surface area contributed by atoms with Gasteiger partial charge in [-0.3, -0.25) is 0 Å². The highest BCUT2D eigenvalue weighted by Crippen LogP contribution is 2.28. The van der Waals surface area contributed by atoms with E-state index >= 15 is 0 Å². The molecule has 0 unspecified atom stereocenters. The molecule has 0 aliphatic carbocycles. The number of methoxy groups -OCH3 is 1. The van der Waals surface area contributed by atoms with Crippen LogP contribution in [0.3, 0.4) is 0 Å². The van der Waals surface area contributed by atoms with Crippen LogP contribution in [0.5, 0.6) is 23.0 Å². The fraction of sp³-hybridized carbons (Fsp3) is 0.300. The van der Waals surface area contributed by atoms with Crippen LogP contribution in [0, 0.1) is 5.92 Å². The van der Waals surface area contributed by atoms with Crippen LogP contribution < -0.4 is 9.47 Å². The predicted octanol–water partition coefficient (Wildman–Crippen LogP) is 4.44. The maximum Gasteiger partial charge on any atom is 0.160 e. The first-order valence-corrected chi connectivity index (χ1v) is 8.00. The molecule has 2 rings (SSSR count). The van der Waals surface area contributed by atoms with E-state index in [0.717, 1.165) is 24.0 Å². The Morgan fingerprint density at radius 1 is 1.00 bits per heavy atom. The van der Waals surface area contributed by atoms with Gasteiger partial charge in [-0.2, -0.15) is 0 Å². The van der Waals surface area contributed by atoms with E-state index in [9.17, 15) is 10.2 Å². The SMILES string of the molecule is COc1cc(CCc2cc(O)cc(O/C=C/C(C)C)c2)ccc1O. The Bertz CT molecular complexity index is 705. The van der Waals surface area contributed by atoms with Gasteiger partial charge < -0.3 is 19.7 Å². The van der Waals surface area contributed by atoms with E-state index in [1.807, 2.05) is 24.3 Å². The van der Waals surface area contributed by atoms with Crippen molar-refractivity contribution in [2.75, 3.05) is 7.11 Å². The molecule has 128 valence electrons. The number of benzene rings is 2. The number of allylic oxidation sites excluding steroid dienone is 1. The van der Waals surface area contributed by atoms with Crippen LogP contribution in [-0.2, 0) is 12.8 Å². The van der Waals surface area contributed by atoms with Crippen molar-refractivity contribution in [3.8, 4) is 23.0 Å². The Morgan fingerprint density at radius 2 is 1.75 bits per heavy atom. The van der Waals surface area contributed by atoms with Crippen molar-refractivity contribution in [3.63, 3.8) is 0 Å². The zero-order valence-electron chi connectivity index (χ0n) is 14.3. The molecule has 24 heavy (non-hydrogen) atoms. The Balaban J connectivity index is 2.05. The van der Waals surface area contributed by atoms with Gasteiger partial charge in [-0.15, -0.1) is 0 Å². The van der Waals surface area contributed by atoms with Crippen LogP contribution >= 0.6 is 0 Å². The van der Waals surface area contributed by atoms with Crippen molar-refractivity contribution in [1.29, 1.82) is 0 Å². The van der Waals surface area contributed by atoms with Crippen LogP contribution in [0.4, 0.5) is 0 Å². The minimum Gasteiger partial charge on any atom is -0.508 e. The summed E-state index contributed by atoms with van der Waals surface area (Å²) in [6.07, 6.45) is 5.11. The average Bonchev–Trinajstić information content (AvgIpc) is 2.53. The lowest BCUT2D eigenvalue weighted by Crippen LogP contribution is -1.94. The first kappa shape index (κ1) is 17.7. The summed E-state index contributed by atoms with van der Waals surface area (Å²) in [5, 5.41) is 19.5. The van der Waals surface area contributed by atoms with Gasteiger partial charge in [0.25, 0.3) is 0 Å². The highest BCUT2D eigenvalue weighted by Gasteiger charge is 2.05. The number of phenols is 2. The summed E-state index contributed by atoms with van der Waals surface area (Å²) < 4.78 is 10.7. The summed E-state index contributed by atoms with van der Waals surface area (Å²) in [5.74, 6) is 1.80. The molecule has 0 aliphatic rings. The molecule has 2 aromatic rings. The third kappa shape index (κ3) is 5.23. The Kier molecular flexibility index (Phi) is 6.13. The van der Waals surface area contributed by atoms with Gasteiger partial charge in [0.05, 0.1) is 13.4 Å². The van der Waals surface area contributed by atoms with E-state index in [-0.39, 0.29) is 11.5 Å². The quantitative estimate of drug-likeness (QED) is 0.738. The van der Waals surface area contributed by atoms with E-state index in [1.165, 1.54) is 7.11 Å². The van der Waals surface area contributed by atoms with Crippen molar-refractivity contribution in [3.05, 3.63) is 59.9 Å². The van der Waals surface area contributed by atoms with E-state index in [1.54, 1.807) is 24.5 Å². The first-order valence-electron chi connectivity index (χ1n) is 8.00. The number of rotatable bonds is 7. The van der Waals surface area contributed by atoms with Crippen molar-refractivity contribution >= 4 is 0 Å². The fourth-order valence-electron chi connectivity index (χ4n) is 2.30. The monoisotopic (exact) mass is 328 g/mol. The fourth-order valence-corrected chi connectivity index (χ4v) is 2.30. The molecular weight excluding hydrogens is 304 g/mol. The number of hydrogen-bond donors (Lipinski definition) is 2. The van der Waals surface area contributed by atoms with Crippen LogP contribution in [0.1, 0.15) is 25.0 Å². The Labute approximate surface area is 143 Å². The first-order chi connectivity index (χ1) is 11.5. The molecule has 0 radical (unpaired) electrons.